The van der Waals surface area contributed by atoms with E-state index in [2.05, 4.69) is 41.1 Å². The molecule has 2 atom stereocenters. The van der Waals surface area contributed by atoms with Crippen molar-refractivity contribution >= 4 is 17.4 Å². The maximum atomic E-state index is 6.18. The highest BCUT2D eigenvalue weighted by molar-refractivity contribution is 6.30. The number of nitrogens with one attached hydrogen (secondary N) is 1. The molecule has 0 aromatic carbocycles. The third-order valence-corrected chi connectivity index (χ3v) is 4.27. The summed E-state index contributed by atoms with van der Waals surface area (Å²) in [5.74, 6) is 0.920. The summed E-state index contributed by atoms with van der Waals surface area (Å²) in [6.07, 6.45) is 5.80. The van der Waals surface area contributed by atoms with Crippen LogP contribution in [-0.2, 0) is 6.42 Å². The fraction of sp³-hybridized carbons (Fsp3) is 0.714. The van der Waals surface area contributed by atoms with Crippen LogP contribution in [0.1, 0.15) is 38.7 Å². The fourth-order valence-corrected chi connectivity index (χ4v) is 2.83. The molecule has 0 spiro atoms. The van der Waals surface area contributed by atoms with E-state index in [0.717, 1.165) is 43.6 Å². The van der Waals surface area contributed by atoms with Crippen molar-refractivity contribution < 1.29 is 0 Å². The Hall–Kier alpha value is -0.870. The Morgan fingerprint density at radius 2 is 2.26 bits per heavy atom. The average molecular weight is 283 g/mol. The van der Waals surface area contributed by atoms with E-state index in [4.69, 9.17) is 11.6 Å². The molecule has 1 saturated heterocycles. The van der Waals surface area contributed by atoms with Crippen LogP contribution < -0.4 is 5.32 Å². The lowest BCUT2D eigenvalue weighted by Crippen LogP contribution is -2.42. The van der Waals surface area contributed by atoms with Crippen LogP contribution in [0.25, 0.3) is 0 Å². The molecule has 4 nitrogen and oxygen atoms in total. The lowest BCUT2D eigenvalue weighted by Gasteiger charge is -2.35. The number of piperidine rings is 1. The molecule has 0 radical (unpaired) electrons. The molecule has 2 heterocycles. The molecule has 1 aromatic rings. The van der Waals surface area contributed by atoms with Crippen LogP contribution in [0, 0.1) is 0 Å². The first kappa shape index (κ1) is 14.5. The second kappa shape index (κ2) is 6.53. The zero-order valence-corrected chi connectivity index (χ0v) is 12.7. The van der Waals surface area contributed by atoms with Gasteiger partial charge >= 0.3 is 0 Å². The Bertz CT molecular complexity index is 424. The van der Waals surface area contributed by atoms with Gasteiger partial charge in [-0.25, -0.2) is 9.97 Å². The van der Waals surface area contributed by atoms with Gasteiger partial charge in [-0.1, -0.05) is 24.9 Å². The largest absolute Gasteiger partial charge is 0.367 e. The van der Waals surface area contributed by atoms with E-state index in [9.17, 15) is 0 Å². The molecule has 1 fully saturated rings. The van der Waals surface area contributed by atoms with E-state index in [1.807, 2.05) is 0 Å². The number of nitrogens with zero attached hydrogens (tertiary/aromatic N) is 3. The molecule has 1 aliphatic heterocycles. The van der Waals surface area contributed by atoms with Crippen LogP contribution >= 0.6 is 11.6 Å². The van der Waals surface area contributed by atoms with Gasteiger partial charge in [-0.3, -0.25) is 0 Å². The summed E-state index contributed by atoms with van der Waals surface area (Å²) in [5.41, 5.74) is 1.05. The first-order valence-corrected chi connectivity index (χ1v) is 7.45. The van der Waals surface area contributed by atoms with Crippen LogP contribution in [0.4, 0.5) is 5.82 Å². The molecule has 0 aliphatic carbocycles. The maximum Gasteiger partial charge on any atom is 0.137 e. The van der Waals surface area contributed by atoms with Crippen molar-refractivity contribution in [2.45, 2.75) is 51.6 Å². The summed E-state index contributed by atoms with van der Waals surface area (Å²) >= 11 is 6.18. The van der Waals surface area contributed by atoms with E-state index in [0.29, 0.717) is 17.2 Å². The lowest BCUT2D eigenvalue weighted by molar-refractivity contribution is 0.190. The first-order chi connectivity index (χ1) is 9.11. The topological polar surface area (TPSA) is 41.1 Å². The van der Waals surface area contributed by atoms with Gasteiger partial charge in [0.15, 0.2) is 0 Å². The van der Waals surface area contributed by atoms with Crippen LogP contribution in [0.2, 0.25) is 5.15 Å². The number of likely N-dealkylation sites (tertiary alicyclic amines) is 1. The number of rotatable bonds is 4. The molecule has 0 saturated carbocycles. The minimum atomic E-state index is 0.479. The summed E-state index contributed by atoms with van der Waals surface area (Å²) in [6, 6.07) is 1.09. The van der Waals surface area contributed by atoms with Gasteiger partial charge in [0.25, 0.3) is 0 Å². The summed E-state index contributed by atoms with van der Waals surface area (Å²) in [7, 11) is 2.19. The Morgan fingerprint density at radius 3 is 2.95 bits per heavy atom. The Balaban J connectivity index is 2.08. The maximum absolute atomic E-state index is 6.18. The molecule has 0 amide bonds. The zero-order valence-electron chi connectivity index (χ0n) is 12.0. The third-order valence-electron chi connectivity index (χ3n) is 3.94. The molecule has 5 heteroatoms. The molecule has 0 bridgehead atoms. The Labute approximate surface area is 120 Å². The summed E-state index contributed by atoms with van der Waals surface area (Å²) in [6.45, 7) is 5.54. The normalized spacial score (nSPS) is 24.4. The molecule has 2 rings (SSSR count). The van der Waals surface area contributed by atoms with Crippen LogP contribution in [-0.4, -0.2) is 40.5 Å². The van der Waals surface area contributed by atoms with Gasteiger partial charge in [0.1, 0.15) is 17.3 Å². The summed E-state index contributed by atoms with van der Waals surface area (Å²) < 4.78 is 0. The van der Waals surface area contributed by atoms with E-state index >= 15 is 0 Å². The SMILES string of the molecule is CCCc1c(Cl)ncnc1NC1CCN(C)C(C)C1. The summed E-state index contributed by atoms with van der Waals surface area (Å²) in [5, 5.41) is 4.15. The van der Waals surface area contributed by atoms with Crippen molar-refractivity contribution in [3.8, 4) is 0 Å². The number of hydrogen-bond donors (Lipinski definition) is 1. The molecular weight excluding hydrogens is 260 g/mol. The van der Waals surface area contributed by atoms with Gasteiger partial charge in [-0.15, -0.1) is 0 Å². The van der Waals surface area contributed by atoms with Crippen LogP contribution in [0.15, 0.2) is 6.33 Å². The number of hydrogen-bond acceptors (Lipinski definition) is 4. The van der Waals surface area contributed by atoms with Gasteiger partial charge in [0.05, 0.1) is 0 Å². The van der Waals surface area contributed by atoms with Gasteiger partial charge in [0.2, 0.25) is 0 Å². The van der Waals surface area contributed by atoms with E-state index < -0.39 is 0 Å². The number of aromatic nitrogens is 2. The van der Waals surface area contributed by atoms with Crippen LogP contribution in [0.3, 0.4) is 0 Å². The molecule has 106 valence electrons. The quantitative estimate of drug-likeness (QED) is 0.862. The molecule has 1 N–H and O–H groups in total. The predicted molar refractivity (Wildman–Crippen MR) is 79.8 cm³/mol. The minimum absolute atomic E-state index is 0.479. The Kier molecular flexibility index (Phi) is 4.99. The van der Waals surface area contributed by atoms with Crippen LogP contribution in [0.5, 0.6) is 0 Å². The fourth-order valence-electron chi connectivity index (χ4n) is 2.60. The van der Waals surface area contributed by atoms with Gasteiger partial charge < -0.3 is 10.2 Å². The molecule has 19 heavy (non-hydrogen) atoms. The molecular formula is C14H23ClN4. The smallest absolute Gasteiger partial charge is 0.137 e. The van der Waals surface area contributed by atoms with E-state index in [-0.39, 0.29) is 0 Å². The highest BCUT2D eigenvalue weighted by Crippen LogP contribution is 2.25. The third kappa shape index (κ3) is 3.57. The minimum Gasteiger partial charge on any atom is -0.367 e. The lowest BCUT2D eigenvalue weighted by atomic mass is 9.98. The first-order valence-electron chi connectivity index (χ1n) is 7.08. The highest BCUT2D eigenvalue weighted by Gasteiger charge is 2.23. The standard InChI is InChI=1S/C14H23ClN4/c1-4-5-12-13(15)16-9-17-14(12)18-11-6-7-19(3)10(2)8-11/h9-11H,4-8H2,1-3H3,(H,16,17,18). The van der Waals surface area contributed by atoms with Crippen molar-refractivity contribution in [1.29, 1.82) is 0 Å². The van der Waals surface area contributed by atoms with Crippen molar-refractivity contribution in [1.82, 2.24) is 14.9 Å². The van der Waals surface area contributed by atoms with Gasteiger partial charge in [-0.05, 0) is 33.2 Å². The van der Waals surface area contributed by atoms with Crippen molar-refractivity contribution in [2.24, 2.45) is 0 Å². The molecule has 1 aromatic heterocycles. The number of anilines is 1. The number of halogens is 1. The summed E-state index contributed by atoms with van der Waals surface area (Å²) in [4.78, 5) is 10.9. The van der Waals surface area contributed by atoms with Gasteiger partial charge in [0, 0.05) is 24.2 Å². The van der Waals surface area contributed by atoms with Crippen molar-refractivity contribution in [3.63, 3.8) is 0 Å². The monoisotopic (exact) mass is 282 g/mol. The van der Waals surface area contributed by atoms with E-state index in [1.54, 1.807) is 6.33 Å². The highest BCUT2D eigenvalue weighted by atomic mass is 35.5. The Morgan fingerprint density at radius 1 is 1.47 bits per heavy atom. The van der Waals surface area contributed by atoms with E-state index in [1.165, 1.54) is 0 Å². The molecule has 2 unspecified atom stereocenters. The average Bonchev–Trinajstić information content (AvgIpc) is 2.38. The molecule has 1 aliphatic rings. The second-order valence-corrected chi connectivity index (χ2v) is 5.79. The van der Waals surface area contributed by atoms with Crippen molar-refractivity contribution in [3.05, 3.63) is 17.0 Å². The second-order valence-electron chi connectivity index (χ2n) is 5.44. The van der Waals surface area contributed by atoms with Crippen molar-refractivity contribution in [2.75, 3.05) is 18.9 Å². The predicted octanol–water partition coefficient (Wildman–Crippen LogP) is 2.98. The van der Waals surface area contributed by atoms with Gasteiger partial charge in [-0.2, -0.15) is 0 Å². The zero-order chi connectivity index (χ0) is 13.8.